The highest BCUT2D eigenvalue weighted by atomic mass is 19.1. The molecule has 0 saturated heterocycles. The van der Waals surface area contributed by atoms with Crippen molar-refractivity contribution < 1.29 is 18.3 Å². The van der Waals surface area contributed by atoms with Crippen molar-refractivity contribution in [3.05, 3.63) is 70.5 Å². The summed E-state index contributed by atoms with van der Waals surface area (Å²) in [6.45, 7) is 0. The summed E-state index contributed by atoms with van der Waals surface area (Å²) in [6, 6.07) is 7.73. The predicted octanol–water partition coefficient (Wildman–Crippen LogP) is 3.48. The number of benzene rings is 2. The Morgan fingerprint density at radius 2 is 1.75 bits per heavy atom. The molecule has 4 heteroatoms. The highest BCUT2D eigenvalue weighted by Gasteiger charge is 2.38. The molecular weight excluding hydrogens is 265 g/mol. The van der Waals surface area contributed by atoms with Gasteiger partial charge in [-0.1, -0.05) is 12.1 Å². The van der Waals surface area contributed by atoms with E-state index in [9.17, 15) is 18.3 Å². The predicted molar refractivity (Wildman–Crippen MR) is 68.7 cm³/mol. The van der Waals surface area contributed by atoms with Crippen molar-refractivity contribution in [2.45, 2.75) is 24.9 Å². The van der Waals surface area contributed by atoms with E-state index in [1.54, 1.807) is 6.07 Å². The molecule has 3 rings (SSSR count). The van der Waals surface area contributed by atoms with Crippen LogP contribution >= 0.6 is 0 Å². The SMILES string of the molecule is OC1(Cc2cc(F)cc(F)c2)CCc2c(F)cccc21. The van der Waals surface area contributed by atoms with Crippen LogP contribution in [0.5, 0.6) is 0 Å². The first-order valence-electron chi connectivity index (χ1n) is 6.43. The van der Waals surface area contributed by atoms with Crippen LogP contribution < -0.4 is 0 Å². The van der Waals surface area contributed by atoms with Crippen LogP contribution in [0.2, 0.25) is 0 Å². The van der Waals surface area contributed by atoms with Crippen LogP contribution in [0, 0.1) is 17.5 Å². The van der Waals surface area contributed by atoms with Crippen molar-refractivity contribution in [3.63, 3.8) is 0 Å². The maximum atomic E-state index is 13.7. The number of halogens is 3. The number of rotatable bonds is 2. The molecule has 0 bridgehead atoms. The highest BCUT2D eigenvalue weighted by Crippen LogP contribution is 2.40. The number of hydrogen-bond donors (Lipinski definition) is 1. The van der Waals surface area contributed by atoms with Crippen molar-refractivity contribution >= 4 is 0 Å². The smallest absolute Gasteiger partial charge is 0.126 e. The van der Waals surface area contributed by atoms with Crippen molar-refractivity contribution in [1.29, 1.82) is 0 Å². The van der Waals surface area contributed by atoms with Crippen LogP contribution in [0.3, 0.4) is 0 Å². The Labute approximate surface area is 114 Å². The minimum atomic E-state index is -1.27. The Bertz CT molecular complexity index is 649. The molecule has 1 aliphatic rings. The number of hydrogen-bond acceptors (Lipinski definition) is 1. The summed E-state index contributed by atoms with van der Waals surface area (Å²) in [5.74, 6) is -1.70. The first-order chi connectivity index (χ1) is 9.48. The van der Waals surface area contributed by atoms with Gasteiger partial charge in [0.25, 0.3) is 0 Å². The molecule has 0 fully saturated rings. The molecule has 1 atom stereocenters. The normalized spacial score (nSPS) is 21.0. The molecule has 0 aliphatic heterocycles. The zero-order valence-corrected chi connectivity index (χ0v) is 10.7. The second-order valence-electron chi connectivity index (χ2n) is 5.25. The molecule has 20 heavy (non-hydrogen) atoms. The lowest BCUT2D eigenvalue weighted by molar-refractivity contribution is 0.0388. The summed E-state index contributed by atoms with van der Waals surface area (Å²) in [7, 11) is 0. The maximum Gasteiger partial charge on any atom is 0.126 e. The third-order valence-corrected chi connectivity index (χ3v) is 3.83. The Balaban J connectivity index is 1.98. The summed E-state index contributed by atoms with van der Waals surface area (Å²) >= 11 is 0. The van der Waals surface area contributed by atoms with Gasteiger partial charge in [-0.05, 0) is 47.7 Å². The highest BCUT2D eigenvalue weighted by molar-refractivity contribution is 5.39. The van der Waals surface area contributed by atoms with Crippen molar-refractivity contribution in [3.8, 4) is 0 Å². The first-order valence-corrected chi connectivity index (χ1v) is 6.43. The van der Waals surface area contributed by atoms with E-state index in [4.69, 9.17) is 0 Å². The van der Waals surface area contributed by atoms with Gasteiger partial charge in [0.15, 0.2) is 0 Å². The van der Waals surface area contributed by atoms with Gasteiger partial charge in [-0.25, -0.2) is 13.2 Å². The fourth-order valence-corrected chi connectivity index (χ4v) is 2.95. The monoisotopic (exact) mass is 278 g/mol. The van der Waals surface area contributed by atoms with Crippen molar-refractivity contribution in [2.24, 2.45) is 0 Å². The van der Waals surface area contributed by atoms with E-state index >= 15 is 0 Å². The van der Waals surface area contributed by atoms with E-state index in [-0.39, 0.29) is 12.2 Å². The van der Waals surface area contributed by atoms with Crippen LogP contribution in [-0.2, 0) is 18.4 Å². The van der Waals surface area contributed by atoms with Crippen LogP contribution in [0.25, 0.3) is 0 Å². The van der Waals surface area contributed by atoms with E-state index in [0.717, 1.165) is 6.07 Å². The largest absolute Gasteiger partial charge is 0.385 e. The molecule has 1 unspecified atom stereocenters. The average Bonchev–Trinajstić information content (AvgIpc) is 2.67. The van der Waals surface area contributed by atoms with E-state index in [1.807, 2.05) is 0 Å². The molecule has 2 aromatic rings. The van der Waals surface area contributed by atoms with E-state index in [1.165, 1.54) is 24.3 Å². The summed E-state index contributed by atoms with van der Waals surface area (Å²) in [4.78, 5) is 0. The fraction of sp³-hybridized carbons (Fsp3) is 0.250. The van der Waals surface area contributed by atoms with Gasteiger partial charge in [-0.15, -0.1) is 0 Å². The van der Waals surface area contributed by atoms with Gasteiger partial charge in [0.2, 0.25) is 0 Å². The molecular formula is C16H13F3O. The third-order valence-electron chi connectivity index (χ3n) is 3.83. The lowest BCUT2D eigenvalue weighted by Crippen LogP contribution is -2.25. The molecule has 0 spiro atoms. The molecule has 2 aromatic carbocycles. The van der Waals surface area contributed by atoms with Gasteiger partial charge >= 0.3 is 0 Å². The second kappa shape index (κ2) is 4.63. The summed E-state index contributed by atoms with van der Waals surface area (Å²) < 4.78 is 40.1. The number of aliphatic hydroxyl groups is 1. The van der Waals surface area contributed by atoms with E-state index in [0.29, 0.717) is 29.5 Å². The maximum absolute atomic E-state index is 13.7. The van der Waals surface area contributed by atoms with Gasteiger partial charge < -0.3 is 5.11 Å². The topological polar surface area (TPSA) is 20.2 Å². The zero-order chi connectivity index (χ0) is 14.3. The second-order valence-corrected chi connectivity index (χ2v) is 5.25. The summed E-state index contributed by atoms with van der Waals surface area (Å²) in [5.41, 5.74) is 0.105. The Hall–Kier alpha value is -1.81. The van der Waals surface area contributed by atoms with Gasteiger partial charge in [0.05, 0.1) is 5.60 Å². The first kappa shape index (κ1) is 13.2. The minimum Gasteiger partial charge on any atom is -0.385 e. The Morgan fingerprint density at radius 1 is 1.05 bits per heavy atom. The van der Waals surface area contributed by atoms with Crippen LogP contribution in [0.1, 0.15) is 23.1 Å². The quantitative estimate of drug-likeness (QED) is 0.891. The van der Waals surface area contributed by atoms with E-state index < -0.39 is 17.2 Å². The van der Waals surface area contributed by atoms with Gasteiger partial charge in [-0.3, -0.25) is 0 Å². The fourth-order valence-electron chi connectivity index (χ4n) is 2.95. The molecule has 0 amide bonds. The summed E-state index contributed by atoms with van der Waals surface area (Å²) in [5, 5.41) is 10.7. The van der Waals surface area contributed by atoms with Gasteiger partial charge in [-0.2, -0.15) is 0 Å². The molecule has 1 nitrogen and oxygen atoms in total. The minimum absolute atomic E-state index is 0.0676. The molecule has 104 valence electrons. The lowest BCUT2D eigenvalue weighted by Gasteiger charge is -2.24. The zero-order valence-electron chi connectivity index (χ0n) is 10.7. The molecule has 0 saturated carbocycles. The molecule has 0 radical (unpaired) electrons. The number of fused-ring (bicyclic) bond motifs is 1. The molecule has 1 N–H and O–H groups in total. The Morgan fingerprint density at radius 3 is 2.45 bits per heavy atom. The molecule has 0 aromatic heterocycles. The lowest BCUT2D eigenvalue weighted by atomic mass is 9.88. The molecule has 1 aliphatic carbocycles. The Kier molecular flexibility index (Phi) is 3.05. The van der Waals surface area contributed by atoms with E-state index in [2.05, 4.69) is 0 Å². The van der Waals surface area contributed by atoms with Gasteiger partial charge in [0, 0.05) is 12.5 Å². The third kappa shape index (κ3) is 2.20. The van der Waals surface area contributed by atoms with Crippen LogP contribution in [-0.4, -0.2) is 5.11 Å². The van der Waals surface area contributed by atoms with Crippen molar-refractivity contribution in [1.82, 2.24) is 0 Å². The average molecular weight is 278 g/mol. The molecule has 0 heterocycles. The van der Waals surface area contributed by atoms with Crippen LogP contribution in [0.4, 0.5) is 13.2 Å². The van der Waals surface area contributed by atoms with Gasteiger partial charge in [0.1, 0.15) is 17.5 Å². The van der Waals surface area contributed by atoms with Crippen molar-refractivity contribution in [2.75, 3.05) is 0 Å². The standard InChI is InChI=1S/C16H13F3O/c17-11-6-10(7-12(18)8-11)9-16(20)5-4-13-14(16)2-1-3-15(13)19/h1-3,6-8,20H,4-5,9H2. The van der Waals surface area contributed by atoms with Crippen LogP contribution in [0.15, 0.2) is 36.4 Å². The summed E-state index contributed by atoms with van der Waals surface area (Å²) in [6.07, 6.45) is 0.843.